The summed E-state index contributed by atoms with van der Waals surface area (Å²) in [5, 5.41) is 27.3. The minimum atomic E-state index is -1.23. The van der Waals surface area contributed by atoms with Crippen LogP contribution in [-0.4, -0.2) is 43.7 Å². The summed E-state index contributed by atoms with van der Waals surface area (Å²) in [6.45, 7) is 6.62. The highest BCUT2D eigenvalue weighted by atomic mass is 16.6. The van der Waals surface area contributed by atoms with Gasteiger partial charge >= 0.3 is 7.12 Å². The third-order valence-corrected chi connectivity index (χ3v) is 3.30. The first-order valence-electron chi connectivity index (χ1n) is 5.87. The van der Waals surface area contributed by atoms with Crippen LogP contribution >= 0.6 is 0 Å². The first-order valence-corrected chi connectivity index (χ1v) is 5.87. The normalized spacial score (nSPS) is 12.9. The van der Waals surface area contributed by atoms with Crippen LogP contribution in [0, 0.1) is 0 Å². The number of aliphatic hydroxyl groups is 1. The standard InChI is InChI=1S/C11H16BN3O4/c1-10(2,16)11(3,4)18-12(17)7-5-8-9(13-6-7)15-19-14-8/h5-6,16-17H,1-4H3. The smallest absolute Gasteiger partial charge is 0.423 e. The summed E-state index contributed by atoms with van der Waals surface area (Å²) in [6, 6.07) is 1.57. The molecule has 0 fully saturated rings. The predicted octanol–water partition coefficient (Wildman–Crippen LogP) is -0.129. The number of rotatable bonds is 4. The maximum Gasteiger partial charge on any atom is 0.493 e. The van der Waals surface area contributed by atoms with Crippen LogP contribution in [0.3, 0.4) is 0 Å². The molecule has 0 unspecified atom stereocenters. The van der Waals surface area contributed by atoms with E-state index in [9.17, 15) is 10.1 Å². The molecule has 0 aliphatic rings. The number of fused-ring (bicyclic) bond motifs is 1. The number of pyridine rings is 1. The summed E-state index contributed by atoms with van der Waals surface area (Å²) in [6.07, 6.45) is 1.43. The van der Waals surface area contributed by atoms with Crippen molar-refractivity contribution in [3.63, 3.8) is 0 Å². The van der Waals surface area contributed by atoms with Gasteiger partial charge in [0.05, 0.1) is 11.2 Å². The van der Waals surface area contributed by atoms with E-state index in [1.54, 1.807) is 33.8 Å². The molecule has 7 nitrogen and oxygen atoms in total. The molecule has 0 amide bonds. The Morgan fingerprint density at radius 1 is 1.26 bits per heavy atom. The van der Waals surface area contributed by atoms with Gasteiger partial charge in [0.1, 0.15) is 0 Å². The van der Waals surface area contributed by atoms with Gasteiger partial charge in [0.15, 0.2) is 5.52 Å². The average Bonchev–Trinajstić information content (AvgIpc) is 2.73. The highest BCUT2D eigenvalue weighted by Gasteiger charge is 2.39. The third kappa shape index (κ3) is 2.75. The van der Waals surface area contributed by atoms with Gasteiger partial charge in [0, 0.05) is 11.7 Å². The van der Waals surface area contributed by atoms with Gasteiger partial charge in [-0.05, 0) is 44.1 Å². The fraction of sp³-hybridized carbons (Fsp3) is 0.545. The van der Waals surface area contributed by atoms with Crippen molar-refractivity contribution in [2.75, 3.05) is 0 Å². The van der Waals surface area contributed by atoms with Gasteiger partial charge in [-0.1, -0.05) is 0 Å². The second kappa shape index (κ2) is 4.55. The lowest BCUT2D eigenvalue weighted by molar-refractivity contribution is -0.0982. The zero-order valence-electron chi connectivity index (χ0n) is 11.3. The molecule has 2 aromatic rings. The molecule has 0 spiro atoms. The number of nitrogens with zero attached hydrogens (tertiary/aromatic N) is 3. The van der Waals surface area contributed by atoms with E-state index in [0.29, 0.717) is 16.6 Å². The highest BCUT2D eigenvalue weighted by Crippen LogP contribution is 2.25. The fourth-order valence-corrected chi connectivity index (χ4v) is 1.33. The molecule has 0 aromatic carbocycles. The quantitative estimate of drug-likeness (QED) is 0.742. The lowest BCUT2D eigenvalue weighted by atomic mass is 9.77. The lowest BCUT2D eigenvalue weighted by Gasteiger charge is -2.38. The Hall–Kier alpha value is -1.51. The van der Waals surface area contributed by atoms with Crippen molar-refractivity contribution in [2.24, 2.45) is 0 Å². The molecular formula is C11H16BN3O4. The predicted molar refractivity (Wildman–Crippen MR) is 68.7 cm³/mol. The Balaban J connectivity index is 2.22. The van der Waals surface area contributed by atoms with Crippen LogP contribution in [0.15, 0.2) is 16.9 Å². The minimum absolute atomic E-state index is 0.359. The van der Waals surface area contributed by atoms with E-state index in [1.807, 2.05) is 0 Å². The Labute approximate surface area is 110 Å². The number of hydrogen-bond donors (Lipinski definition) is 2. The van der Waals surface area contributed by atoms with Crippen molar-refractivity contribution in [1.29, 1.82) is 0 Å². The lowest BCUT2D eigenvalue weighted by Crippen LogP contribution is -2.53. The zero-order chi connectivity index (χ0) is 14.3. The molecule has 0 aliphatic carbocycles. The summed E-state index contributed by atoms with van der Waals surface area (Å²) < 4.78 is 10.0. The van der Waals surface area contributed by atoms with E-state index in [1.165, 1.54) is 6.20 Å². The molecule has 2 heterocycles. The van der Waals surface area contributed by atoms with E-state index in [-0.39, 0.29) is 0 Å². The van der Waals surface area contributed by atoms with Crippen LogP contribution in [0.5, 0.6) is 0 Å². The van der Waals surface area contributed by atoms with Crippen LogP contribution in [0.4, 0.5) is 0 Å². The molecule has 0 atom stereocenters. The number of aromatic nitrogens is 3. The van der Waals surface area contributed by atoms with Crippen LogP contribution in [0.1, 0.15) is 27.7 Å². The van der Waals surface area contributed by atoms with Gasteiger partial charge in [-0.15, -0.1) is 0 Å². The molecule has 19 heavy (non-hydrogen) atoms. The maximum absolute atomic E-state index is 10.1. The van der Waals surface area contributed by atoms with Gasteiger partial charge in [0.25, 0.3) is 0 Å². The number of hydrogen-bond acceptors (Lipinski definition) is 7. The van der Waals surface area contributed by atoms with Gasteiger partial charge in [-0.3, -0.25) is 0 Å². The SMILES string of the molecule is CC(C)(O)C(C)(C)OB(O)c1cnc2nonc2c1. The Morgan fingerprint density at radius 2 is 1.95 bits per heavy atom. The first-order chi connectivity index (χ1) is 8.71. The topological polar surface area (TPSA) is 102 Å². The van der Waals surface area contributed by atoms with Crippen molar-refractivity contribution in [2.45, 2.75) is 38.9 Å². The molecule has 0 bridgehead atoms. The summed E-state index contributed by atoms with van der Waals surface area (Å²) >= 11 is 0. The van der Waals surface area contributed by atoms with Crippen LogP contribution < -0.4 is 5.46 Å². The average molecular weight is 265 g/mol. The fourth-order valence-electron chi connectivity index (χ4n) is 1.33. The molecule has 2 aromatic heterocycles. The van der Waals surface area contributed by atoms with Crippen LogP contribution in [0.2, 0.25) is 0 Å². The molecule has 8 heteroatoms. The maximum atomic E-state index is 10.1. The minimum Gasteiger partial charge on any atom is -0.423 e. The highest BCUT2D eigenvalue weighted by molar-refractivity contribution is 6.60. The second-order valence-electron chi connectivity index (χ2n) is 5.42. The molecule has 2 rings (SSSR count). The van der Waals surface area contributed by atoms with Gasteiger partial charge in [0.2, 0.25) is 5.65 Å². The molecule has 0 saturated heterocycles. The van der Waals surface area contributed by atoms with Crippen molar-refractivity contribution in [3.8, 4) is 0 Å². The largest absolute Gasteiger partial charge is 0.493 e. The Bertz CT molecular complexity index is 579. The van der Waals surface area contributed by atoms with E-state index in [2.05, 4.69) is 19.9 Å². The second-order valence-corrected chi connectivity index (χ2v) is 5.42. The monoisotopic (exact) mass is 265 g/mol. The zero-order valence-corrected chi connectivity index (χ0v) is 11.3. The van der Waals surface area contributed by atoms with Crippen LogP contribution in [-0.2, 0) is 4.65 Å². The Morgan fingerprint density at radius 3 is 2.58 bits per heavy atom. The van der Waals surface area contributed by atoms with Crippen LogP contribution in [0.25, 0.3) is 11.2 Å². The molecule has 0 saturated carbocycles. The summed E-state index contributed by atoms with van der Waals surface area (Å²) in [5.41, 5.74) is -0.843. The van der Waals surface area contributed by atoms with E-state index >= 15 is 0 Å². The molecular weight excluding hydrogens is 249 g/mol. The summed E-state index contributed by atoms with van der Waals surface area (Å²) in [4.78, 5) is 3.98. The van der Waals surface area contributed by atoms with Crippen molar-refractivity contribution in [3.05, 3.63) is 12.3 Å². The first kappa shape index (κ1) is 13.9. The van der Waals surface area contributed by atoms with Crippen molar-refractivity contribution < 1.29 is 19.4 Å². The third-order valence-electron chi connectivity index (χ3n) is 3.30. The van der Waals surface area contributed by atoms with E-state index in [0.717, 1.165) is 0 Å². The van der Waals surface area contributed by atoms with Gasteiger partial charge in [-0.2, -0.15) is 0 Å². The van der Waals surface area contributed by atoms with E-state index < -0.39 is 18.3 Å². The van der Waals surface area contributed by atoms with Gasteiger partial charge in [-0.25, -0.2) is 9.61 Å². The molecule has 2 N–H and O–H groups in total. The molecule has 0 aliphatic heterocycles. The van der Waals surface area contributed by atoms with Crippen molar-refractivity contribution >= 4 is 23.7 Å². The summed E-state index contributed by atoms with van der Waals surface area (Å²) in [5.74, 6) is 0. The molecule has 102 valence electrons. The summed E-state index contributed by atoms with van der Waals surface area (Å²) in [7, 11) is -1.23. The van der Waals surface area contributed by atoms with Gasteiger partial charge < -0.3 is 14.8 Å². The van der Waals surface area contributed by atoms with E-state index in [4.69, 9.17) is 4.65 Å². The Kier molecular flexibility index (Phi) is 3.33. The van der Waals surface area contributed by atoms with Crippen molar-refractivity contribution in [1.82, 2.24) is 15.3 Å². The molecule has 0 radical (unpaired) electrons.